The molecule has 12 heteroatoms. The van der Waals surface area contributed by atoms with Gasteiger partial charge in [-0.1, -0.05) is 66.7 Å². The molecular weight excluding hydrogens is 628 g/mol. The first-order valence-electron chi connectivity index (χ1n) is 14.7. The monoisotopic (exact) mass is 661 g/mol. The maximum atomic E-state index is 14.0. The lowest BCUT2D eigenvalue weighted by molar-refractivity contribution is 0.0376. The van der Waals surface area contributed by atoms with Crippen LogP contribution in [0.4, 0.5) is 8.78 Å². The van der Waals surface area contributed by atoms with Crippen LogP contribution < -0.4 is 15.0 Å². The minimum absolute atomic E-state index is 0.0347. The molecule has 2 heterocycles. The number of alkyl halides is 2. The second kappa shape index (κ2) is 15.1. The van der Waals surface area contributed by atoms with Crippen LogP contribution in [0.1, 0.15) is 41.3 Å². The number of aromatic nitrogens is 3. The molecule has 0 amide bonds. The Bertz CT molecular complexity index is 1970. The average molecular weight is 662 g/mol. The van der Waals surface area contributed by atoms with Gasteiger partial charge in [0, 0.05) is 17.8 Å². The zero-order valence-corrected chi connectivity index (χ0v) is 26.6. The van der Waals surface area contributed by atoms with Crippen molar-refractivity contribution in [3.8, 4) is 22.8 Å². The smallest absolute Gasteiger partial charge is 0.280 e. The molecule has 0 aliphatic rings. The van der Waals surface area contributed by atoms with E-state index < -0.39 is 39.0 Å². The fourth-order valence-corrected chi connectivity index (χ4v) is 6.15. The van der Waals surface area contributed by atoms with E-state index in [0.717, 1.165) is 17.2 Å². The van der Waals surface area contributed by atoms with Crippen LogP contribution in [0.15, 0.2) is 113 Å². The molecule has 47 heavy (non-hydrogen) atoms. The SMILES string of the molecule is COc1ccc(Cn2cc(-c3cc(C(F)F)nc(S(=O)(=O)CCC(OCc4ccccc4)c4ccccc4)n3)ccc2=O)cc1OC. The molecule has 0 fully saturated rings. The second-order valence-electron chi connectivity index (χ2n) is 10.6. The Morgan fingerprint density at radius 2 is 1.51 bits per heavy atom. The van der Waals surface area contributed by atoms with Crippen LogP contribution in [0.3, 0.4) is 0 Å². The Kier molecular flexibility index (Phi) is 10.7. The van der Waals surface area contributed by atoms with E-state index in [9.17, 15) is 22.0 Å². The highest BCUT2D eigenvalue weighted by molar-refractivity contribution is 7.91. The molecule has 1 atom stereocenters. The van der Waals surface area contributed by atoms with Gasteiger partial charge in [-0.2, -0.15) is 0 Å². The predicted octanol–water partition coefficient (Wildman–Crippen LogP) is 6.43. The van der Waals surface area contributed by atoms with Crippen molar-refractivity contribution in [3.05, 3.63) is 136 Å². The number of halogens is 2. The molecule has 0 N–H and O–H groups in total. The summed E-state index contributed by atoms with van der Waals surface area (Å²) in [6.45, 7) is 0.371. The molecule has 0 bridgehead atoms. The van der Waals surface area contributed by atoms with Gasteiger partial charge in [0.2, 0.25) is 15.0 Å². The molecule has 0 saturated heterocycles. The molecule has 1 unspecified atom stereocenters. The van der Waals surface area contributed by atoms with Gasteiger partial charge >= 0.3 is 0 Å². The summed E-state index contributed by atoms with van der Waals surface area (Å²) in [5.41, 5.74) is 1.51. The number of hydrogen-bond acceptors (Lipinski definition) is 8. The second-order valence-corrected chi connectivity index (χ2v) is 12.6. The van der Waals surface area contributed by atoms with Gasteiger partial charge in [-0.3, -0.25) is 4.79 Å². The van der Waals surface area contributed by atoms with E-state index in [1.165, 1.54) is 37.1 Å². The van der Waals surface area contributed by atoms with Crippen molar-refractivity contribution >= 4 is 9.84 Å². The Morgan fingerprint density at radius 3 is 2.19 bits per heavy atom. The molecule has 0 saturated carbocycles. The zero-order chi connectivity index (χ0) is 33.4. The van der Waals surface area contributed by atoms with Gasteiger partial charge in [0.25, 0.3) is 12.0 Å². The third-order valence-corrected chi connectivity index (χ3v) is 8.93. The summed E-state index contributed by atoms with van der Waals surface area (Å²) >= 11 is 0. The highest BCUT2D eigenvalue weighted by Gasteiger charge is 2.25. The van der Waals surface area contributed by atoms with Crippen LogP contribution in [0, 0.1) is 0 Å². The number of benzene rings is 3. The predicted molar refractivity (Wildman–Crippen MR) is 172 cm³/mol. The number of methoxy groups -OCH3 is 2. The van der Waals surface area contributed by atoms with E-state index in [1.807, 2.05) is 60.7 Å². The van der Waals surface area contributed by atoms with Crippen LogP contribution in [0.25, 0.3) is 11.3 Å². The highest BCUT2D eigenvalue weighted by Crippen LogP contribution is 2.29. The van der Waals surface area contributed by atoms with E-state index in [0.29, 0.717) is 17.1 Å². The molecule has 5 aromatic rings. The Balaban J connectivity index is 1.42. The quantitative estimate of drug-likeness (QED) is 0.125. The number of hydrogen-bond donors (Lipinski definition) is 0. The van der Waals surface area contributed by atoms with Crippen molar-refractivity contribution < 1.29 is 31.4 Å². The third kappa shape index (κ3) is 8.46. The molecule has 244 valence electrons. The fourth-order valence-electron chi connectivity index (χ4n) is 4.96. The van der Waals surface area contributed by atoms with Crippen molar-refractivity contribution in [2.75, 3.05) is 20.0 Å². The van der Waals surface area contributed by atoms with E-state index in [-0.39, 0.29) is 36.4 Å². The normalized spacial score (nSPS) is 12.2. The minimum Gasteiger partial charge on any atom is -0.493 e. The maximum Gasteiger partial charge on any atom is 0.280 e. The summed E-state index contributed by atoms with van der Waals surface area (Å²) < 4.78 is 73.3. The van der Waals surface area contributed by atoms with Crippen molar-refractivity contribution in [3.63, 3.8) is 0 Å². The average Bonchev–Trinajstić information content (AvgIpc) is 3.09. The van der Waals surface area contributed by atoms with Gasteiger partial charge in [0.1, 0.15) is 5.69 Å². The highest BCUT2D eigenvalue weighted by atomic mass is 32.2. The molecule has 0 aliphatic heterocycles. The van der Waals surface area contributed by atoms with Crippen LogP contribution in [-0.4, -0.2) is 42.9 Å². The van der Waals surface area contributed by atoms with Gasteiger partial charge in [0.15, 0.2) is 11.5 Å². The third-order valence-electron chi connectivity index (χ3n) is 7.42. The van der Waals surface area contributed by atoms with Crippen molar-refractivity contribution in [2.24, 2.45) is 0 Å². The van der Waals surface area contributed by atoms with E-state index in [4.69, 9.17) is 14.2 Å². The van der Waals surface area contributed by atoms with Gasteiger partial charge in [-0.25, -0.2) is 27.2 Å². The largest absolute Gasteiger partial charge is 0.493 e. The number of nitrogens with zero attached hydrogens (tertiary/aromatic N) is 3. The molecule has 0 radical (unpaired) electrons. The summed E-state index contributed by atoms with van der Waals surface area (Å²) in [6.07, 6.45) is -2.18. The molecule has 9 nitrogen and oxygen atoms in total. The standard InChI is InChI=1S/C35H33F2N3O6S/c1-44-31-15-13-25(19-32(31)45-2)21-40-22-27(14-16-33(40)41)28-20-29(34(36)37)39-35(38-28)47(42,43)18-17-30(26-11-7-4-8-12-26)46-23-24-9-5-3-6-10-24/h3-16,19-20,22,30,34H,17-18,21,23H2,1-2H3. The molecule has 2 aromatic heterocycles. The van der Waals surface area contributed by atoms with E-state index in [2.05, 4.69) is 9.97 Å². The van der Waals surface area contributed by atoms with Crippen LogP contribution in [-0.2, 0) is 27.7 Å². The first-order valence-corrected chi connectivity index (χ1v) is 16.3. The number of rotatable bonds is 14. The first-order chi connectivity index (χ1) is 22.7. The van der Waals surface area contributed by atoms with Crippen molar-refractivity contribution in [1.29, 1.82) is 0 Å². The van der Waals surface area contributed by atoms with Crippen molar-refractivity contribution in [1.82, 2.24) is 14.5 Å². The van der Waals surface area contributed by atoms with Crippen molar-refractivity contribution in [2.45, 2.75) is 37.3 Å². The topological polar surface area (TPSA) is 110 Å². The summed E-state index contributed by atoms with van der Waals surface area (Å²) in [6, 6.07) is 27.5. The van der Waals surface area contributed by atoms with Gasteiger partial charge in [0.05, 0.1) is 44.9 Å². The van der Waals surface area contributed by atoms with E-state index in [1.54, 1.807) is 18.2 Å². The Hall–Kier alpha value is -4.94. The van der Waals surface area contributed by atoms with Gasteiger partial charge < -0.3 is 18.8 Å². The van der Waals surface area contributed by atoms with Crippen LogP contribution in [0.5, 0.6) is 11.5 Å². The Labute approximate surface area is 271 Å². The molecular formula is C35H33F2N3O6S. The van der Waals surface area contributed by atoms with Crippen LogP contribution >= 0.6 is 0 Å². The summed E-state index contributed by atoms with van der Waals surface area (Å²) in [4.78, 5) is 20.7. The number of pyridine rings is 1. The van der Waals surface area contributed by atoms with Gasteiger partial charge in [-0.05, 0) is 47.4 Å². The lowest BCUT2D eigenvalue weighted by atomic mass is 10.1. The molecule has 5 rings (SSSR count). The maximum absolute atomic E-state index is 14.0. The summed E-state index contributed by atoms with van der Waals surface area (Å²) in [7, 11) is -1.24. The van der Waals surface area contributed by atoms with Crippen LogP contribution in [0.2, 0.25) is 0 Å². The van der Waals surface area contributed by atoms with Gasteiger partial charge in [-0.15, -0.1) is 0 Å². The number of sulfone groups is 1. The zero-order valence-electron chi connectivity index (χ0n) is 25.8. The molecule has 0 spiro atoms. The van der Waals surface area contributed by atoms with E-state index >= 15 is 0 Å². The molecule has 3 aromatic carbocycles. The summed E-state index contributed by atoms with van der Waals surface area (Å²) in [5, 5.41) is -0.724. The summed E-state index contributed by atoms with van der Waals surface area (Å²) in [5.74, 6) is 0.539. The Morgan fingerprint density at radius 1 is 0.809 bits per heavy atom. The number of ether oxygens (including phenoxy) is 3. The molecule has 0 aliphatic carbocycles. The first kappa shape index (κ1) is 33.4. The lowest BCUT2D eigenvalue weighted by Crippen LogP contribution is -2.19. The minimum atomic E-state index is -4.24. The lowest BCUT2D eigenvalue weighted by Gasteiger charge is -2.19. The fraction of sp³-hybridized carbons (Fsp3) is 0.229.